The van der Waals surface area contributed by atoms with E-state index in [0.29, 0.717) is 24.0 Å². The van der Waals surface area contributed by atoms with Gasteiger partial charge >= 0.3 is 0 Å². The van der Waals surface area contributed by atoms with E-state index in [1.165, 1.54) is 0 Å². The molecule has 1 saturated heterocycles. The molecule has 1 fully saturated rings. The van der Waals surface area contributed by atoms with Gasteiger partial charge < -0.3 is 19.5 Å². The van der Waals surface area contributed by atoms with E-state index in [4.69, 9.17) is 9.47 Å². The summed E-state index contributed by atoms with van der Waals surface area (Å²) in [4.78, 5) is 15.1. The molecule has 1 aromatic carbocycles. The molecule has 5 nitrogen and oxygen atoms in total. The van der Waals surface area contributed by atoms with Gasteiger partial charge in [-0.1, -0.05) is 0 Å². The predicted octanol–water partition coefficient (Wildman–Crippen LogP) is 2.62. The lowest BCUT2D eigenvalue weighted by atomic mass is 9.53. The number of likely N-dealkylation sites (tertiary alicyclic amines) is 1. The van der Waals surface area contributed by atoms with E-state index in [-0.39, 0.29) is 22.9 Å². The Bertz CT molecular complexity index is 790. The normalized spacial score (nSPS) is 31.0. The third-order valence-electron chi connectivity index (χ3n) is 6.28. The molecule has 2 aliphatic carbocycles. The van der Waals surface area contributed by atoms with Gasteiger partial charge in [-0.15, -0.1) is 0 Å². The summed E-state index contributed by atoms with van der Waals surface area (Å²) in [6, 6.07) is 2.20. The van der Waals surface area contributed by atoms with E-state index in [0.717, 1.165) is 34.1 Å². The molecule has 2 bridgehead atoms. The summed E-state index contributed by atoms with van der Waals surface area (Å²) in [5, 5.41) is 11.0. The summed E-state index contributed by atoms with van der Waals surface area (Å²) in [5.74, 6) is 1.32. The number of aromatic hydroxyl groups is 1. The second-order valence-corrected chi connectivity index (χ2v) is 8.44. The first-order valence-electron chi connectivity index (χ1n) is 8.51. The quantitative estimate of drug-likeness (QED) is 0.696. The molecule has 1 aromatic rings. The molecule has 1 heterocycles. The summed E-state index contributed by atoms with van der Waals surface area (Å²) < 4.78 is 11.8. The maximum Gasteiger partial charge on any atom is 0.197 e. The molecular weight excluding hydrogens is 433 g/mol. The van der Waals surface area contributed by atoms with Crippen LogP contribution in [0, 0.1) is 9.49 Å². The van der Waals surface area contributed by atoms with Crippen molar-refractivity contribution in [3.8, 4) is 11.5 Å². The number of carbonyl (C=O) groups excluding carboxylic acids is 1. The molecule has 1 aliphatic heterocycles. The van der Waals surface area contributed by atoms with Gasteiger partial charge in [-0.2, -0.15) is 0 Å². The first-order chi connectivity index (χ1) is 11.9. The number of hydrogen-bond donors (Lipinski definition) is 1. The Morgan fingerprint density at radius 2 is 2.12 bits per heavy atom. The van der Waals surface area contributed by atoms with Crippen molar-refractivity contribution in [1.29, 1.82) is 0 Å². The van der Waals surface area contributed by atoms with Crippen molar-refractivity contribution in [3.05, 3.63) is 32.6 Å². The van der Waals surface area contributed by atoms with Crippen LogP contribution >= 0.6 is 22.6 Å². The highest BCUT2D eigenvalue weighted by atomic mass is 127. The number of halogens is 1. The molecule has 0 aromatic heterocycles. The molecule has 25 heavy (non-hydrogen) atoms. The van der Waals surface area contributed by atoms with Crippen molar-refractivity contribution >= 4 is 28.4 Å². The number of fused-ring (bicyclic) bond motifs is 1. The smallest absolute Gasteiger partial charge is 0.197 e. The number of methoxy groups -OCH3 is 2. The zero-order chi connectivity index (χ0) is 17.9. The van der Waals surface area contributed by atoms with Gasteiger partial charge in [-0.05, 0) is 66.7 Å². The third kappa shape index (κ3) is 2.26. The summed E-state index contributed by atoms with van der Waals surface area (Å²) in [6.07, 6.45) is 4.08. The molecule has 0 saturated carbocycles. The van der Waals surface area contributed by atoms with Gasteiger partial charge in [0.1, 0.15) is 0 Å². The molecule has 3 atom stereocenters. The number of ether oxygens (including phenoxy) is 2. The lowest BCUT2D eigenvalue weighted by Crippen LogP contribution is -2.60. The lowest BCUT2D eigenvalue weighted by molar-refractivity contribution is -0.122. The SMILES string of the molecule is COC1=CC2[C@@H]3Cc4c(I)cc(OC)c(O)c4[C@]2(CCN3C)CC1=O. The van der Waals surface area contributed by atoms with Crippen LogP contribution in [0.15, 0.2) is 17.9 Å². The Balaban J connectivity index is 2.01. The number of Topliss-reactive ketones (excluding diaryl/α,β-unsaturated/α-hetero) is 1. The number of rotatable bonds is 2. The summed E-state index contributed by atoms with van der Waals surface area (Å²) in [6.45, 7) is 0.914. The van der Waals surface area contributed by atoms with E-state index < -0.39 is 0 Å². The van der Waals surface area contributed by atoms with Crippen LogP contribution in [0.3, 0.4) is 0 Å². The highest BCUT2D eigenvalue weighted by Gasteiger charge is 2.57. The number of piperidine rings is 1. The Hall–Kier alpha value is -1.28. The number of phenolic OH excluding ortho intramolecular Hbond substituents is 1. The molecule has 134 valence electrons. The highest BCUT2D eigenvalue weighted by molar-refractivity contribution is 14.1. The van der Waals surface area contributed by atoms with Crippen LogP contribution in [0.5, 0.6) is 11.5 Å². The molecule has 0 amide bonds. The van der Waals surface area contributed by atoms with Crippen LogP contribution in [-0.4, -0.2) is 49.6 Å². The number of hydrogen-bond acceptors (Lipinski definition) is 5. The first-order valence-corrected chi connectivity index (χ1v) is 9.59. The molecule has 1 N–H and O–H groups in total. The molecule has 4 rings (SSSR count). The fourth-order valence-electron chi connectivity index (χ4n) is 5.06. The topological polar surface area (TPSA) is 59.0 Å². The average molecular weight is 455 g/mol. The van der Waals surface area contributed by atoms with E-state index in [1.807, 2.05) is 12.1 Å². The molecule has 3 aliphatic rings. The largest absolute Gasteiger partial charge is 0.504 e. The molecule has 0 radical (unpaired) electrons. The number of ketones is 1. The molecular formula is C19H22INO4. The molecule has 0 spiro atoms. The number of nitrogens with zero attached hydrogens (tertiary/aromatic N) is 1. The zero-order valence-corrected chi connectivity index (χ0v) is 16.8. The van der Waals surface area contributed by atoms with Gasteiger partial charge in [0.05, 0.1) is 14.2 Å². The van der Waals surface area contributed by atoms with E-state index >= 15 is 0 Å². The number of allylic oxidation sites excluding steroid dienone is 1. The van der Waals surface area contributed by atoms with Crippen molar-refractivity contribution < 1.29 is 19.4 Å². The minimum absolute atomic E-state index is 0.0205. The van der Waals surface area contributed by atoms with Crippen LogP contribution in [-0.2, 0) is 21.4 Å². The zero-order valence-electron chi connectivity index (χ0n) is 14.6. The van der Waals surface area contributed by atoms with Gasteiger partial charge in [-0.25, -0.2) is 0 Å². The third-order valence-corrected chi connectivity index (χ3v) is 7.24. The number of likely N-dealkylation sites (N-methyl/N-ethyl adjacent to an activating group) is 1. The maximum absolute atomic E-state index is 12.7. The van der Waals surface area contributed by atoms with E-state index in [9.17, 15) is 9.90 Å². The fraction of sp³-hybridized carbons (Fsp3) is 0.526. The summed E-state index contributed by atoms with van der Waals surface area (Å²) >= 11 is 2.32. The highest BCUT2D eigenvalue weighted by Crippen LogP contribution is 2.58. The minimum Gasteiger partial charge on any atom is -0.504 e. The maximum atomic E-state index is 12.7. The van der Waals surface area contributed by atoms with Gasteiger partial charge in [0.25, 0.3) is 0 Å². The second kappa shape index (κ2) is 5.87. The van der Waals surface area contributed by atoms with Crippen LogP contribution < -0.4 is 4.74 Å². The Labute approximate surface area is 161 Å². The first kappa shape index (κ1) is 17.1. The monoisotopic (exact) mass is 455 g/mol. The van der Waals surface area contributed by atoms with Crippen molar-refractivity contribution in [3.63, 3.8) is 0 Å². The number of benzene rings is 1. The standard InChI is InChI=1S/C19H22INO4/c1-21-5-4-19-9-14(22)15(24-2)7-11(19)13(21)6-10-12(20)8-16(25-3)18(23)17(10)19/h7-8,11,13,23H,4-6,9H2,1-3H3/t11?,13-,19+/m0/s1. The predicted molar refractivity (Wildman–Crippen MR) is 102 cm³/mol. The van der Waals surface area contributed by atoms with Crippen molar-refractivity contribution in [2.24, 2.45) is 5.92 Å². The van der Waals surface area contributed by atoms with Gasteiger partial charge in [0.15, 0.2) is 23.0 Å². The van der Waals surface area contributed by atoms with Gasteiger partial charge in [-0.3, -0.25) is 4.79 Å². The molecule has 6 heteroatoms. The van der Waals surface area contributed by atoms with Crippen LogP contribution in [0.25, 0.3) is 0 Å². The van der Waals surface area contributed by atoms with Crippen LogP contribution in [0.4, 0.5) is 0 Å². The minimum atomic E-state index is -0.373. The van der Waals surface area contributed by atoms with Crippen molar-refractivity contribution in [2.75, 3.05) is 27.8 Å². The second-order valence-electron chi connectivity index (χ2n) is 7.28. The van der Waals surface area contributed by atoms with Gasteiger partial charge in [0.2, 0.25) is 0 Å². The van der Waals surface area contributed by atoms with Crippen molar-refractivity contribution in [1.82, 2.24) is 4.90 Å². The van der Waals surface area contributed by atoms with E-state index in [1.54, 1.807) is 14.2 Å². The van der Waals surface area contributed by atoms with Crippen LogP contribution in [0.2, 0.25) is 0 Å². The summed E-state index contributed by atoms with van der Waals surface area (Å²) in [7, 11) is 5.27. The fourth-order valence-corrected chi connectivity index (χ4v) is 5.83. The Kier molecular flexibility index (Phi) is 4.03. The number of phenols is 1. The Morgan fingerprint density at radius 3 is 2.80 bits per heavy atom. The van der Waals surface area contributed by atoms with Gasteiger partial charge in [0, 0.05) is 32.9 Å². The summed E-state index contributed by atoms with van der Waals surface area (Å²) in [5.41, 5.74) is 1.71. The van der Waals surface area contributed by atoms with Crippen molar-refractivity contribution in [2.45, 2.75) is 30.7 Å². The average Bonchev–Trinajstić information content (AvgIpc) is 2.59. The Morgan fingerprint density at radius 1 is 1.36 bits per heavy atom. The number of carbonyl (C=O) groups is 1. The molecule has 1 unspecified atom stereocenters. The lowest BCUT2D eigenvalue weighted by Gasteiger charge is -2.56. The van der Waals surface area contributed by atoms with Crippen LogP contribution in [0.1, 0.15) is 24.0 Å². The van der Waals surface area contributed by atoms with E-state index in [2.05, 4.69) is 34.5 Å².